The zero-order chi connectivity index (χ0) is 10.9. The van der Waals surface area contributed by atoms with Gasteiger partial charge in [-0.05, 0) is 33.1 Å². The van der Waals surface area contributed by atoms with Crippen molar-refractivity contribution in [1.82, 2.24) is 4.90 Å². The monoisotopic (exact) mass is 225 g/mol. The van der Waals surface area contributed by atoms with Crippen LogP contribution in [0.15, 0.2) is 0 Å². The van der Waals surface area contributed by atoms with Gasteiger partial charge >= 0.3 is 0 Å². The van der Waals surface area contributed by atoms with E-state index in [1.54, 1.807) is 0 Å². The predicted molar refractivity (Wildman–Crippen MR) is 62.7 cm³/mol. The van der Waals surface area contributed by atoms with Crippen LogP contribution in [0.3, 0.4) is 0 Å². The molecular formula is C12H19NOS. The van der Waals surface area contributed by atoms with Crippen molar-refractivity contribution in [2.24, 2.45) is 5.41 Å². The molecule has 2 atom stereocenters. The highest BCUT2D eigenvalue weighted by atomic mass is 32.2. The highest BCUT2D eigenvalue weighted by Crippen LogP contribution is 2.75. The molecule has 1 amide bonds. The third-order valence-electron chi connectivity index (χ3n) is 5.09. The van der Waals surface area contributed by atoms with Crippen molar-refractivity contribution in [1.29, 1.82) is 0 Å². The number of carbonyl (C=O) groups excluding carboxylic acids is 1. The first-order valence-electron chi connectivity index (χ1n) is 5.94. The number of carbonyl (C=O) groups is 1. The fourth-order valence-electron chi connectivity index (χ4n) is 3.84. The number of piperidine rings is 1. The summed E-state index contributed by atoms with van der Waals surface area (Å²) in [6.45, 7) is 8.06. The van der Waals surface area contributed by atoms with Crippen molar-refractivity contribution in [3.05, 3.63) is 0 Å². The molecule has 3 rings (SSSR count). The Hall–Kier alpha value is -0.180. The zero-order valence-corrected chi connectivity index (χ0v) is 10.6. The number of hydrogen-bond acceptors (Lipinski definition) is 2. The molecule has 0 aliphatic carbocycles. The Morgan fingerprint density at radius 2 is 2.00 bits per heavy atom. The average Bonchev–Trinajstić information content (AvgIpc) is 2.39. The van der Waals surface area contributed by atoms with E-state index in [-0.39, 0.29) is 4.87 Å². The van der Waals surface area contributed by atoms with Gasteiger partial charge in [0.05, 0.1) is 4.87 Å². The van der Waals surface area contributed by atoms with Crippen molar-refractivity contribution in [3.63, 3.8) is 0 Å². The molecule has 0 radical (unpaired) electrons. The van der Waals surface area contributed by atoms with Gasteiger partial charge in [0.25, 0.3) is 0 Å². The minimum atomic E-state index is 0.172. The first-order valence-corrected chi connectivity index (χ1v) is 6.75. The number of amides is 1. The van der Waals surface area contributed by atoms with Crippen LogP contribution in [-0.4, -0.2) is 27.0 Å². The van der Waals surface area contributed by atoms with Crippen molar-refractivity contribution in [3.8, 4) is 0 Å². The van der Waals surface area contributed by atoms with E-state index in [9.17, 15) is 4.79 Å². The van der Waals surface area contributed by atoms with Gasteiger partial charge in [-0.3, -0.25) is 4.79 Å². The van der Waals surface area contributed by atoms with Crippen LogP contribution in [0.5, 0.6) is 0 Å². The van der Waals surface area contributed by atoms with Gasteiger partial charge in [-0.2, -0.15) is 0 Å². The molecule has 15 heavy (non-hydrogen) atoms. The standard InChI is InChI=1S/C12H19NOS/c1-10(2)11(3)7-8-13-9(14)5-4-6-12(11,13)15-10/h4-8H2,1-3H3. The van der Waals surface area contributed by atoms with Crippen LogP contribution >= 0.6 is 11.8 Å². The molecular weight excluding hydrogens is 206 g/mol. The Balaban J connectivity index is 2.03. The summed E-state index contributed by atoms with van der Waals surface area (Å²) in [6.07, 6.45) is 4.27. The number of nitrogens with zero attached hydrogens (tertiary/aromatic N) is 1. The molecule has 3 fully saturated rings. The molecule has 0 aromatic heterocycles. The SMILES string of the molecule is CC1(C)SC23CCCC(=O)N2CCC13C. The highest BCUT2D eigenvalue weighted by molar-refractivity contribution is 8.03. The van der Waals surface area contributed by atoms with Crippen LogP contribution in [0.1, 0.15) is 46.5 Å². The van der Waals surface area contributed by atoms with Gasteiger partial charge in [0, 0.05) is 23.1 Å². The fraction of sp³-hybridized carbons (Fsp3) is 0.917. The number of thioether (sulfide) groups is 1. The van der Waals surface area contributed by atoms with Gasteiger partial charge in [0.2, 0.25) is 5.91 Å². The summed E-state index contributed by atoms with van der Waals surface area (Å²) in [7, 11) is 0. The minimum Gasteiger partial charge on any atom is -0.327 e. The third-order valence-corrected chi connectivity index (χ3v) is 7.27. The Morgan fingerprint density at radius 3 is 2.67 bits per heavy atom. The van der Waals surface area contributed by atoms with Gasteiger partial charge in [-0.15, -0.1) is 11.8 Å². The van der Waals surface area contributed by atoms with Crippen molar-refractivity contribution in [2.75, 3.05) is 6.54 Å². The van der Waals surface area contributed by atoms with E-state index in [0.29, 0.717) is 16.1 Å². The summed E-state index contributed by atoms with van der Waals surface area (Å²) in [5.74, 6) is 0.396. The van der Waals surface area contributed by atoms with Crippen molar-refractivity contribution >= 4 is 17.7 Å². The first kappa shape index (κ1) is 10.0. The fourth-order valence-corrected chi connectivity index (χ4v) is 6.16. The van der Waals surface area contributed by atoms with E-state index in [2.05, 4.69) is 25.7 Å². The maximum Gasteiger partial charge on any atom is 0.223 e. The van der Waals surface area contributed by atoms with E-state index < -0.39 is 0 Å². The molecule has 2 nitrogen and oxygen atoms in total. The lowest BCUT2D eigenvalue weighted by Crippen LogP contribution is -2.69. The quantitative estimate of drug-likeness (QED) is 0.631. The summed E-state index contributed by atoms with van der Waals surface area (Å²) >= 11 is 2.04. The minimum absolute atomic E-state index is 0.172. The third kappa shape index (κ3) is 0.881. The predicted octanol–water partition coefficient (Wildman–Crippen LogP) is 2.63. The van der Waals surface area contributed by atoms with Crippen LogP contribution in [0.25, 0.3) is 0 Å². The lowest BCUT2D eigenvalue weighted by Gasteiger charge is -2.67. The lowest BCUT2D eigenvalue weighted by atomic mass is 9.68. The van der Waals surface area contributed by atoms with Gasteiger partial charge < -0.3 is 4.90 Å². The lowest BCUT2D eigenvalue weighted by molar-refractivity contribution is -0.139. The molecule has 84 valence electrons. The maximum absolute atomic E-state index is 11.9. The number of hydrogen-bond donors (Lipinski definition) is 0. The molecule has 0 aromatic rings. The van der Waals surface area contributed by atoms with Gasteiger partial charge in [-0.1, -0.05) is 6.92 Å². The van der Waals surface area contributed by atoms with Crippen LogP contribution in [-0.2, 0) is 4.79 Å². The molecule has 2 unspecified atom stereocenters. The Morgan fingerprint density at radius 1 is 1.27 bits per heavy atom. The Labute approximate surface area is 95.8 Å². The second kappa shape index (κ2) is 2.55. The number of rotatable bonds is 0. The van der Waals surface area contributed by atoms with Crippen LogP contribution in [0.4, 0.5) is 0 Å². The molecule has 3 heterocycles. The van der Waals surface area contributed by atoms with Crippen LogP contribution in [0.2, 0.25) is 0 Å². The molecule has 3 aliphatic heterocycles. The Kier molecular flexibility index (Phi) is 1.70. The van der Waals surface area contributed by atoms with Gasteiger partial charge in [-0.25, -0.2) is 0 Å². The van der Waals surface area contributed by atoms with Gasteiger partial charge in [0.15, 0.2) is 0 Å². The molecule has 0 saturated carbocycles. The summed E-state index contributed by atoms with van der Waals surface area (Å²) in [6, 6.07) is 0. The molecule has 3 aliphatic rings. The van der Waals surface area contributed by atoms with Crippen molar-refractivity contribution < 1.29 is 4.79 Å². The normalized spacial score (nSPS) is 47.1. The first-order chi connectivity index (χ1) is 6.93. The van der Waals surface area contributed by atoms with E-state index in [4.69, 9.17) is 0 Å². The molecule has 0 bridgehead atoms. The topological polar surface area (TPSA) is 20.3 Å². The summed E-state index contributed by atoms with van der Waals surface area (Å²) in [5.41, 5.74) is 0.348. The molecule has 0 aromatic carbocycles. The summed E-state index contributed by atoms with van der Waals surface area (Å²) in [4.78, 5) is 14.3. The second-order valence-electron chi connectivity index (χ2n) is 5.88. The van der Waals surface area contributed by atoms with Crippen LogP contribution < -0.4 is 0 Å². The van der Waals surface area contributed by atoms with Crippen molar-refractivity contribution in [2.45, 2.75) is 56.1 Å². The largest absolute Gasteiger partial charge is 0.327 e. The van der Waals surface area contributed by atoms with E-state index >= 15 is 0 Å². The highest BCUT2D eigenvalue weighted by Gasteiger charge is 2.74. The van der Waals surface area contributed by atoms with Crippen LogP contribution in [0, 0.1) is 5.41 Å². The van der Waals surface area contributed by atoms with E-state index in [1.165, 1.54) is 12.8 Å². The summed E-state index contributed by atoms with van der Waals surface area (Å²) < 4.78 is 0.347. The summed E-state index contributed by atoms with van der Waals surface area (Å²) in [5, 5.41) is 0. The Bertz CT molecular complexity index is 341. The molecule has 3 saturated heterocycles. The second-order valence-corrected chi connectivity index (χ2v) is 7.78. The molecule has 1 spiro atoms. The van der Waals surface area contributed by atoms with Gasteiger partial charge in [0.1, 0.15) is 0 Å². The van der Waals surface area contributed by atoms with E-state index in [1.807, 2.05) is 11.8 Å². The average molecular weight is 225 g/mol. The maximum atomic E-state index is 11.9. The van der Waals surface area contributed by atoms with E-state index in [0.717, 1.165) is 19.4 Å². The molecule has 3 heteroatoms. The zero-order valence-electron chi connectivity index (χ0n) is 9.80. The molecule has 0 N–H and O–H groups in total. The smallest absolute Gasteiger partial charge is 0.223 e.